The molecule has 0 aliphatic rings. The molecule has 1 rings (SSSR count). The number of hydrogen-bond acceptors (Lipinski definition) is 2. The van der Waals surface area contributed by atoms with Crippen molar-refractivity contribution < 1.29 is 14.5 Å². The molecule has 0 radical (unpaired) electrons. The average molecular weight is 325 g/mol. The highest BCUT2D eigenvalue weighted by molar-refractivity contribution is 5.67. The molecule has 2 atom stereocenters. The first-order chi connectivity index (χ1) is 11.1. The van der Waals surface area contributed by atoms with E-state index in [1.165, 1.54) is 32.1 Å². The van der Waals surface area contributed by atoms with Gasteiger partial charge in [-0.2, -0.15) is 0 Å². The van der Waals surface area contributed by atoms with Crippen LogP contribution in [0.15, 0.2) is 18.7 Å². The van der Waals surface area contributed by atoms with Crippen LogP contribution in [0.4, 0.5) is 0 Å². The maximum atomic E-state index is 10.3. The lowest BCUT2D eigenvalue weighted by Gasteiger charge is -2.14. The molecule has 0 saturated heterocycles. The van der Waals surface area contributed by atoms with Gasteiger partial charge in [-0.1, -0.05) is 53.4 Å². The van der Waals surface area contributed by atoms with Gasteiger partial charge in [0.15, 0.2) is 0 Å². The van der Waals surface area contributed by atoms with Gasteiger partial charge in [-0.25, -0.2) is 4.57 Å². The molecule has 0 fully saturated rings. The van der Waals surface area contributed by atoms with Crippen LogP contribution in [0, 0.1) is 5.92 Å². The monoisotopic (exact) mass is 324 g/mol. The number of rotatable bonds is 11. The van der Waals surface area contributed by atoms with Crippen molar-refractivity contribution in [3.63, 3.8) is 0 Å². The number of aromatic nitrogens is 2. The van der Waals surface area contributed by atoms with Gasteiger partial charge in [-0.15, -0.1) is 0 Å². The number of carboxylic acids is 1. The van der Waals surface area contributed by atoms with Crippen LogP contribution in [0.25, 0.3) is 0 Å². The molecule has 0 aliphatic carbocycles. The van der Waals surface area contributed by atoms with Crippen molar-refractivity contribution >= 4 is 5.97 Å². The third-order valence-electron chi connectivity index (χ3n) is 4.33. The third-order valence-corrected chi connectivity index (χ3v) is 4.33. The second kappa shape index (κ2) is 14.3. The van der Waals surface area contributed by atoms with E-state index in [2.05, 4.69) is 42.8 Å². The van der Waals surface area contributed by atoms with E-state index in [9.17, 15) is 9.90 Å². The van der Waals surface area contributed by atoms with Crippen LogP contribution in [0.5, 0.6) is 0 Å². The maximum Gasteiger partial charge on any atom is 0.241 e. The second-order valence-corrected chi connectivity index (χ2v) is 6.18. The maximum absolute atomic E-state index is 10.3. The Bertz CT molecular complexity index is 377. The Kier molecular flexibility index (Phi) is 13.5. The number of carbonyl (C=O) groups excluding carboxylic acids is 1. The largest absolute Gasteiger partial charge is 0.550 e. The number of hydrogen-bond donors (Lipinski definition) is 1. The van der Waals surface area contributed by atoms with Crippen LogP contribution in [-0.4, -0.2) is 11.0 Å². The van der Waals surface area contributed by atoms with Gasteiger partial charge in [0.2, 0.25) is 6.33 Å². The van der Waals surface area contributed by atoms with E-state index < -0.39 is 5.97 Å². The Balaban J connectivity index is 0.000000438. The normalized spacial score (nSPS) is 13.0. The van der Waals surface area contributed by atoms with Crippen LogP contribution >= 0.6 is 0 Å². The fourth-order valence-electron chi connectivity index (χ4n) is 2.66. The Labute approximate surface area is 142 Å². The molecule has 0 bridgehead atoms. The number of carboxylic acid groups (broad SMARTS) is 1. The standard InChI is InChI=1S/C11H20N2.C8H16O2/c1-3-5-6-7-11(4-2)13-9-8-12-10-13;1-3-5-6-7(4-2)8(9)10/h8-11H,3-7H2,1-2H3;7H,3-6H2,1-2H3,(H,9,10). The van der Waals surface area contributed by atoms with Gasteiger partial charge in [-0.05, 0) is 38.0 Å². The van der Waals surface area contributed by atoms with Gasteiger partial charge in [0, 0.05) is 5.97 Å². The summed E-state index contributed by atoms with van der Waals surface area (Å²) in [6, 6.07) is 0.692. The molecule has 4 heteroatoms. The van der Waals surface area contributed by atoms with Crippen LogP contribution in [-0.2, 0) is 4.79 Å². The molecular weight excluding hydrogens is 288 g/mol. The zero-order valence-corrected chi connectivity index (χ0v) is 15.5. The Hall–Kier alpha value is -1.32. The molecule has 2 unspecified atom stereocenters. The lowest BCUT2D eigenvalue weighted by Crippen LogP contribution is -2.36. The summed E-state index contributed by atoms with van der Waals surface area (Å²) in [4.78, 5) is 13.4. The second-order valence-electron chi connectivity index (χ2n) is 6.18. The lowest BCUT2D eigenvalue weighted by molar-refractivity contribution is -0.722. The molecule has 0 saturated carbocycles. The average Bonchev–Trinajstić information content (AvgIpc) is 3.07. The summed E-state index contributed by atoms with van der Waals surface area (Å²) in [5.74, 6) is -1.11. The summed E-state index contributed by atoms with van der Waals surface area (Å²) in [5, 5.41) is 10.3. The number of unbranched alkanes of at least 4 members (excludes halogenated alkanes) is 3. The number of carbonyl (C=O) groups is 1. The summed E-state index contributed by atoms with van der Waals surface area (Å²) in [7, 11) is 0. The molecule has 0 amide bonds. The summed E-state index contributed by atoms with van der Waals surface area (Å²) in [5.41, 5.74) is 0. The van der Waals surface area contributed by atoms with Gasteiger partial charge in [0.05, 0.1) is 0 Å². The topological polar surface area (TPSA) is 59.8 Å². The minimum Gasteiger partial charge on any atom is -0.550 e. The minimum absolute atomic E-state index is 0.222. The fourth-order valence-corrected chi connectivity index (χ4v) is 2.66. The van der Waals surface area contributed by atoms with Crippen molar-refractivity contribution in [1.82, 2.24) is 4.98 Å². The first-order valence-corrected chi connectivity index (χ1v) is 9.34. The molecule has 1 heterocycles. The first-order valence-electron chi connectivity index (χ1n) is 9.34. The van der Waals surface area contributed by atoms with Gasteiger partial charge < -0.3 is 9.90 Å². The molecular formula is C19H36N2O2. The van der Waals surface area contributed by atoms with Crippen LogP contribution in [0.1, 0.15) is 91.5 Å². The van der Waals surface area contributed by atoms with Crippen molar-refractivity contribution in [2.75, 3.05) is 0 Å². The molecule has 0 spiro atoms. The third kappa shape index (κ3) is 10.1. The van der Waals surface area contributed by atoms with Crippen molar-refractivity contribution in [1.29, 1.82) is 0 Å². The van der Waals surface area contributed by atoms with Crippen molar-refractivity contribution in [3.8, 4) is 0 Å². The minimum atomic E-state index is -0.893. The van der Waals surface area contributed by atoms with Crippen LogP contribution in [0.2, 0.25) is 0 Å². The van der Waals surface area contributed by atoms with E-state index in [-0.39, 0.29) is 5.92 Å². The van der Waals surface area contributed by atoms with Gasteiger partial charge in [0.1, 0.15) is 18.4 Å². The molecule has 1 aromatic rings. The van der Waals surface area contributed by atoms with Crippen molar-refractivity contribution in [2.24, 2.45) is 5.92 Å². The van der Waals surface area contributed by atoms with E-state index in [1.807, 2.05) is 13.1 Å². The molecule has 1 N–H and O–H groups in total. The molecule has 0 aliphatic heterocycles. The fraction of sp³-hybridized carbons (Fsp3) is 0.789. The number of nitrogens with one attached hydrogen (secondary N) is 1. The highest BCUT2D eigenvalue weighted by Gasteiger charge is 2.11. The number of H-pyrrole nitrogens is 1. The quantitative estimate of drug-likeness (QED) is 0.497. The number of imidazole rings is 1. The summed E-state index contributed by atoms with van der Waals surface area (Å²) >= 11 is 0. The highest BCUT2D eigenvalue weighted by Crippen LogP contribution is 2.12. The van der Waals surface area contributed by atoms with Crippen molar-refractivity contribution in [2.45, 2.75) is 91.5 Å². The number of aromatic amines is 1. The zero-order chi connectivity index (χ0) is 17.5. The summed E-state index contributed by atoms with van der Waals surface area (Å²) in [6.07, 6.45) is 16.3. The SMILES string of the molecule is CCCCC(CC)C(=O)[O-].CCCCCC(CC)[n+]1cc[nH]c1. The van der Waals surface area contributed by atoms with E-state index in [4.69, 9.17) is 0 Å². The predicted molar refractivity (Wildman–Crippen MR) is 92.8 cm³/mol. The van der Waals surface area contributed by atoms with Crippen LogP contribution in [0.3, 0.4) is 0 Å². The smallest absolute Gasteiger partial charge is 0.241 e. The number of nitrogens with zero attached hydrogens (tertiary/aromatic N) is 1. The summed E-state index contributed by atoms with van der Waals surface area (Å²) < 4.78 is 2.29. The Morgan fingerprint density at radius 3 is 2.17 bits per heavy atom. The van der Waals surface area contributed by atoms with Crippen LogP contribution < -0.4 is 9.67 Å². The molecule has 4 nitrogen and oxygen atoms in total. The Morgan fingerprint density at radius 2 is 1.74 bits per heavy atom. The van der Waals surface area contributed by atoms with E-state index in [0.717, 1.165) is 19.3 Å². The summed E-state index contributed by atoms with van der Waals surface area (Å²) in [6.45, 7) is 8.46. The van der Waals surface area contributed by atoms with Gasteiger partial charge in [-0.3, -0.25) is 4.98 Å². The van der Waals surface area contributed by atoms with E-state index >= 15 is 0 Å². The number of aliphatic carboxylic acids is 1. The zero-order valence-electron chi connectivity index (χ0n) is 15.5. The van der Waals surface area contributed by atoms with E-state index in [0.29, 0.717) is 12.5 Å². The Morgan fingerprint density at radius 1 is 1.04 bits per heavy atom. The molecule has 134 valence electrons. The molecule has 0 aromatic carbocycles. The highest BCUT2D eigenvalue weighted by atomic mass is 16.4. The van der Waals surface area contributed by atoms with Crippen molar-refractivity contribution in [3.05, 3.63) is 18.7 Å². The lowest BCUT2D eigenvalue weighted by atomic mass is 10.00. The first kappa shape index (κ1) is 21.7. The molecule has 1 aromatic heterocycles. The van der Waals surface area contributed by atoms with E-state index in [1.54, 1.807) is 0 Å². The predicted octanol–water partition coefficient (Wildman–Crippen LogP) is 3.79. The molecule has 23 heavy (non-hydrogen) atoms. The van der Waals surface area contributed by atoms with Gasteiger partial charge >= 0.3 is 0 Å². The van der Waals surface area contributed by atoms with Gasteiger partial charge in [0.25, 0.3) is 0 Å².